The summed E-state index contributed by atoms with van der Waals surface area (Å²) in [6.07, 6.45) is 0. The third-order valence-corrected chi connectivity index (χ3v) is 3.58. The van der Waals surface area contributed by atoms with Gasteiger partial charge < -0.3 is 0 Å². The lowest BCUT2D eigenvalue weighted by Gasteiger charge is -2.19. The van der Waals surface area contributed by atoms with Gasteiger partial charge >= 0.3 is 0 Å². The SMILES string of the molecule is Cc1ccc(C(NN)c2cccc(Br)c2)c(C)c1. The molecule has 0 saturated carbocycles. The second-order valence-electron chi connectivity index (χ2n) is 4.51. The fourth-order valence-electron chi connectivity index (χ4n) is 2.20. The van der Waals surface area contributed by atoms with Crippen molar-refractivity contribution in [2.24, 2.45) is 5.84 Å². The Balaban J connectivity index is 2.45. The van der Waals surface area contributed by atoms with Gasteiger partial charge in [0.05, 0.1) is 6.04 Å². The molecule has 0 bridgehead atoms. The van der Waals surface area contributed by atoms with Gasteiger partial charge in [-0.1, -0.05) is 51.8 Å². The van der Waals surface area contributed by atoms with Gasteiger partial charge in [0.15, 0.2) is 0 Å². The minimum absolute atomic E-state index is 0.0168. The van der Waals surface area contributed by atoms with E-state index in [9.17, 15) is 0 Å². The molecule has 2 rings (SSSR count). The molecule has 94 valence electrons. The number of nitrogens with one attached hydrogen (secondary N) is 1. The van der Waals surface area contributed by atoms with Crippen molar-refractivity contribution in [2.75, 3.05) is 0 Å². The highest BCUT2D eigenvalue weighted by Gasteiger charge is 2.14. The Morgan fingerprint density at radius 1 is 1.11 bits per heavy atom. The number of benzene rings is 2. The van der Waals surface area contributed by atoms with Crippen LogP contribution in [0.2, 0.25) is 0 Å². The fraction of sp³-hybridized carbons (Fsp3) is 0.200. The molecule has 0 aliphatic heterocycles. The van der Waals surface area contributed by atoms with E-state index in [2.05, 4.69) is 65.5 Å². The smallest absolute Gasteiger partial charge is 0.0713 e. The molecule has 0 aromatic heterocycles. The summed E-state index contributed by atoms with van der Waals surface area (Å²) in [5, 5.41) is 0. The molecule has 0 radical (unpaired) electrons. The first-order valence-corrected chi connectivity index (χ1v) is 6.70. The van der Waals surface area contributed by atoms with Gasteiger partial charge in [0.1, 0.15) is 0 Å². The largest absolute Gasteiger partial charge is 0.271 e. The van der Waals surface area contributed by atoms with Crippen LogP contribution in [0, 0.1) is 13.8 Å². The molecule has 2 aromatic rings. The van der Waals surface area contributed by atoms with Crippen molar-refractivity contribution in [3.63, 3.8) is 0 Å². The van der Waals surface area contributed by atoms with Crippen LogP contribution < -0.4 is 11.3 Å². The maximum Gasteiger partial charge on any atom is 0.0713 e. The van der Waals surface area contributed by atoms with Gasteiger partial charge in [0.2, 0.25) is 0 Å². The molecule has 0 heterocycles. The second-order valence-corrected chi connectivity index (χ2v) is 5.43. The van der Waals surface area contributed by atoms with E-state index in [0.717, 1.165) is 10.0 Å². The van der Waals surface area contributed by atoms with E-state index in [1.54, 1.807) is 0 Å². The standard InChI is InChI=1S/C15H17BrN2/c1-10-6-7-14(11(2)8-10)15(18-17)12-4-3-5-13(16)9-12/h3-9,15,18H,17H2,1-2H3. The average Bonchev–Trinajstić information content (AvgIpc) is 2.33. The molecule has 18 heavy (non-hydrogen) atoms. The van der Waals surface area contributed by atoms with Gasteiger partial charge in [0, 0.05) is 4.47 Å². The van der Waals surface area contributed by atoms with E-state index >= 15 is 0 Å². The van der Waals surface area contributed by atoms with Crippen molar-refractivity contribution < 1.29 is 0 Å². The van der Waals surface area contributed by atoms with Crippen LogP contribution in [0.4, 0.5) is 0 Å². The monoisotopic (exact) mass is 304 g/mol. The van der Waals surface area contributed by atoms with E-state index < -0.39 is 0 Å². The first-order chi connectivity index (χ1) is 8.61. The number of hydrogen-bond acceptors (Lipinski definition) is 2. The topological polar surface area (TPSA) is 38.0 Å². The van der Waals surface area contributed by atoms with E-state index in [1.807, 2.05) is 12.1 Å². The molecule has 0 spiro atoms. The predicted molar refractivity (Wildman–Crippen MR) is 79.2 cm³/mol. The third-order valence-electron chi connectivity index (χ3n) is 3.08. The Morgan fingerprint density at radius 3 is 2.50 bits per heavy atom. The summed E-state index contributed by atoms with van der Waals surface area (Å²) in [4.78, 5) is 0. The molecule has 0 fully saturated rings. The summed E-state index contributed by atoms with van der Waals surface area (Å²) in [7, 11) is 0. The van der Waals surface area contributed by atoms with Gasteiger partial charge in [-0.3, -0.25) is 5.84 Å². The lowest BCUT2D eigenvalue weighted by Crippen LogP contribution is -2.29. The van der Waals surface area contributed by atoms with Crippen LogP contribution in [-0.4, -0.2) is 0 Å². The van der Waals surface area contributed by atoms with Crippen molar-refractivity contribution in [3.05, 3.63) is 69.2 Å². The molecule has 0 saturated heterocycles. The first-order valence-electron chi connectivity index (χ1n) is 5.90. The van der Waals surface area contributed by atoms with Crippen molar-refractivity contribution in [3.8, 4) is 0 Å². The van der Waals surface area contributed by atoms with Crippen LogP contribution in [0.15, 0.2) is 46.9 Å². The highest BCUT2D eigenvalue weighted by Crippen LogP contribution is 2.26. The molecule has 0 aliphatic rings. The van der Waals surface area contributed by atoms with Gasteiger partial charge in [0.25, 0.3) is 0 Å². The molecule has 2 aromatic carbocycles. The highest BCUT2D eigenvalue weighted by molar-refractivity contribution is 9.10. The number of hydrazine groups is 1. The van der Waals surface area contributed by atoms with E-state index in [1.165, 1.54) is 16.7 Å². The Bertz CT molecular complexity index is 552. The van der Waals surface area contributed by atoms with Crippen LogP contribution >= 0.6 is 15.9 Å². The average molecular weight is 305 g/mol. The second kappa shape index (κ2) is 5.65. The van der Waals surface area contributed by atoms with Crippen LogP contribution in [0.25, 0.3) is 0 Å². The van der Waals surface area contributed by atoms with Gasteiger partial charge in [-0.15, -0.1) is 0 Å². The lowest BCUT2D eigenvalue weighted by molar-refractivity contribution is 0.633. The van der Waals surface area contributed by atoms with Crippen molar-refractivity contribution in [1.82, 2.24) is 5.43 Å². The third kappa shape index (κ3) is 2.80. The Kier molecular flexibility index (Phi) is 4.17. The summed E-state index contributed by atoms with van der Waals surface area (Å²) in [6.45, 7) is 4.21. The summed E-state index contributed by atoms with van der Waals surface area (Å²) in [5.41, 5.74) is 7.78. The summed E-state index contributed by atoms with van der Waals surface area (Å²) >= 11 is 3.49. The summed E-state index contributed by atoms with van der Waals surface area (Å²) < 4.78 is 1.06. The maximum absolute atomic E-state index is 5.73. The number of halogens is 1. The van der Waals surface area contributed by atoms with Crippen molar-refractivity contribution >= 4 is 15.9 Å². The van der Waals surface area contributed by atoms with E-state index in [-0.39, 0.29) is 6.04 Å². The minimum Gasteiger partial charge on any atom is -0.271 e. The van der Waals surface area contributed by atoms with Crippen LogP contribution in [0.1, 0.15) is 28.3 Å². The maximum atomic E-state index is 5.73. The molecule has 0 aliphatic carbocycles. The van der Waals surface area contributed by atoms with Crippen LogP contribution in [0.5, 0.6) is 0 Å². The van der Waals surface area contributed by atoms with E-state index in [4.69, 9.17) is 5.84 Å². The minimum atomic E-state index is 0.0168. The van der Waals surface area contributed by atoms with Crippen molar-refractivity contribution in [1.29, 1.82) is 0 Å². The zero-order valence-electron chi connectivity index (χ0n) is 10.6. The fourth-order valence-corrected chi connectivity index (χ4v) is 2.62. The van der Waals surface area contributed by atoms with Crippen molar-refractivity contribution in [2.45, 2.75) is 19.9 Å². The molecule has 3 N–H and O–H groups in total. The molecular weight excluding hydrogens is 288 g/mol. The molecule has 3 heteroatoms. The quantitative estimate of drug-likeness (QED) is 0.671. The van der Waals surface area contributed by atoms with Crippen LogP contribution in [-0.2, 0) is 0 Å². The Morgan fingerprint density at radius 2 is 1.89 bits per heavy atom. The molecule has 0 amide bonds. The molecule has 1 atom stereocenters. The molecular formula is C15H17BrN2. The summed E-state index contributed by atoms with van der Waals surface area (Å²) in [5.74, 6) is 5.73. The van der Waals surface area contributed by atoms with E-state index in [0.29, 0.717) is 0 Å². The number of hydrogen-bond donors (Lipinski definition) is 2. The van der Waals surface area contributed by atoms with Crippen LogP contribution in [0.3, 0.4) is 0 Å². The summed E-state index contributed by atoms with van der Waals surface area (Å²) in [6, 6.07) is 14.6. The normalized spacial score (nSPS) is 12.4. The molecule has 2 nitrogen and oxygen atoms in total. The van der Waals surface area contributed by atoms with Gasteiger partial charge in [-0.05, 0) is 42.7 Å². The molecule has 1 unspecified atom stereocenters. The zero-order chi connectivity index (χ0) is 13.1. The predicted octanol–water partition coefficient (Wildman–Crippen LogP) is 3.62. The Labute approximate surface area is 116 Å². The highest BCUT2D eigenvalue weighted by atomic mass is 79.9. The number of nitrogens with two attached hydrogens (primary N) is 1. The van der Waals surface area contributed by atoms with Gasteiger partial charge in [-0.2, -0.15) is 0 Å². The number of aryl methyl sites for hydroxylation is 2. The number of rotatable bonds is 3. The zero-order valence-corrected chi connectivity index (χ0v) is 12.2. The van der Waals surface area contributed by atoms with Gasteiger partial charge in [-0.25, -0.2) is 5.43 Å². The Hall–Kier alpha value is -1.16. The lowest BCUT2D eigenvalue weighted by atomic mass is 9.94. The first kappa shape index (κ1) is 13.3.